The largest absolute Gasteiger partial charge is 0.490 e. The Bertz CT molecular complexity index is 1130. The topological polar surface area (TPSA) is 102 Å². The number of benzene rings is 1. The van der Waals surface area contributed by atoms with Crippen LogP contribution in [0.1, 0.15) is 63.9 Å². The Labute approximate surface area is 233 Å². The van der Waals surface area contributed by atoms with Gasteiger partial charge in [0.25, 0.3) is 5.91 Å². The summed E-state index contributed by atoms with van der Waals surface area (Å²) < 4.78 is 38.4. The van der Waals surface area contributed by atoms with Gasteiger partial charge in [-0.2, -0.15) is 0 Å². The smallest absolute Gasteiger partial charge is 0.272 e. The number of halogens is 1. The highest BCUT2D eigenvalue weighted by Gasteiger charge is 2.33. The fourth-order valence-electron chi connectivity index (χ4n) is 4.80. The molecule has 2 N–H and O–H groups in total. The highest BCUT2D eigenvalue weighted by Crippen LogP contribution is 2.38. The van der Waals surface area contributed by atoms with Crippen LogP contribution < -0.4 is 14.8 Å². The molecule has 1 aliphatic rings. The molecule has 0 aliphatic carbocycles. The van der Waals surface area contributed by atoms with Crippen LogP contribution in [-0.4, -0.2) is 82.1 Å². The number of fused-ring (bicyclic) bond motifs is 1. The molecule has 0 spiro atoms. The SMILES string of the molecule is CC.COCCCCn1c(C(=O)N(C(C)C)C2CCCNC2)c(Cl)c2cccc(OCCNS(C)(=O)=O)c21. The van der Waals surface area contributed by atoms with Crippen LogP contribution in [0.5, 0.6) is 5.75 Å². The van der Waals surface area contributed by atoms with E-state index >= 15 is 0 Å². The molecule has 1 aliphatic heterocycles. The molecule has 216 valence electrons. The number of amides is 1. The predicted molar refractivity (Wildman–Crippen MR) is 155 cm³/mol. The van der Waals surface area contributed by atoms with E-state index in [0.29, 0.717) is 29.6 Å². The van der Waals surface area contributed by atoms with Gasteiger partial charge in [0.05, 0.1) is 16.8 Å². The summed E-state index contributed by atoms with van der Waals surface area (Å²) in [6, 6.07) is 5.66. The van der Waals surface area contributed by atoms with Gasteiger partial charge in [0.1, 0.15) is 18.1 Å². The standard InChI is InChI=1S/C25H39ClN4O5S.C2H6/c1-18(2)30(19-9-8-12-27-17-19)25(31)24-22(26)20-10-7-11-21(35-16-13-28-36(4,32)33)23(20)29(24)14-5-6-15-34-3;1-2/h7,10-11,18-19,27-28H,5-6,8-9,12-17H2,1-4H3;1-2H3. The molecule has 0 bridgehead atoms. The first-order valence-corrected chi connectivity index (χ1v) is 15.8. The van der Waals surface area contributed by atoms with Gasteiger partial charge in [-0.15, -0.1) is 0 Å². The Morgan fingerprint density at radius 1 is 1.26 bits per heavy atom. The number of aryl methyl sites for hydroxylation is 1. The maximum absolute atomic E-state index is 14.1. The Balaban J connectivity index is 0.00000247. The van der Waals surface area contributed by atoms with E-state index in [1.54, 1.807) is 7.11 Å². The minimum atomic E-state index is -3.31. The molecule has 1 amide bonds. The zero-order valence-corrected chi connectivity index (χ0v) is 25.3. The average molecular weight is 573 g/mol. The summed E-state index contributed by atoms with van der Waals surface area (Å²) in [6.45, 7) is 11.3. The number of unbranched alkanes of at least 4 members (excludes halogenated alkanes) is 1. The number of aromatic nitrogens is 1. The summed E-state index contributed by atoms with van der Waals surface area (Å²) in [5, 5.41) is 4.57. The molecule has 0 saturated carbocycles. The minimum Gasteiger partial charge on any atom is -0.490 e. The fraction of sp³-hybridized carbons (Fsp3) is 0.667. The summed E-state index contributed by atoms with van der Waals surface area (Å²) in [7, 11) is -1.64. The summed E-state index contributed by atoms with van der Waals surface area (Å²) in [4.78, 5) is 16.1. The number of methoxy groups -OCH3 is 1. The molecular weight excluding hydrogens is 528 g/mol. The van der Waals surface area contributed by atoms with Crippen LogP contribution in [0.2, 0.25) is 5.02 Å². The van der Waals surface area contributed by atoms with E-state index in [1.165, 1.54) is 0 Å². The lowest BCUT2D eigenvalue weighted by Gasteiger charge is -2.38. The zero-order valence-electron chi connectivity index (χ0n) is 23.7. The highest BCUT2D eigenvalue weighted by atomic mass is 35.5. The monoisotopic (exact) mass is 572 g/mol. The van der Waals surface area contributed by atoms with Crippen molar-refractivity contribution in [1.29, 1.82) is 0 Å². The van der Waals surface area contributed by atoms with E-state index in [4.69, 9.17) is 21.1 Å². The molecule has 1 aromatic carbocycles. The van der Waals surface area contributed by atoms with Crippen molar-refractivity contribution in [1.82, 2.24) is 19.5 Å². The first-order valence-electron chi connectivity index (χ1n) is 13.6. The molecule has 2 heterocycles. The lowest BCUT2D eigenvalue weighted by atomic mass is 10.0. The van der Waals surface area contributed by atoms with Gasteiger partial charge in [0, 0.05) is 50.8 Å². The maximum atomic E-state index is 14.1. The highest BCUT2D eigenvalue weighted by molar-refractivity contribution is 7.88. The van der Waals surface area contributed by atoms with Gasteiger partial charge in [0.15, 0.2) is 0 Å². The van der Waals surface area contributed by atoms with Crippen molar-refractivity contribution in [2.75, 3.05) is 46.2 Å². The van der Waals surface area contributed by atoms with Crippen LogP contribution in [0.3, 0.4) is 0 Å². The van der Waals surface area contributed by atoms with Crippen molar-refractivity contribution in [3.63, 3.8) is 0 Å². The Hall–Kier alpha value is -1.85. The van der Waals surface area contributed by atoms with Gasteiger partial charge >= 0.3 is 0 Å². The van der Waals surface area contributed by atoms with Crippen LogP contribution in [0.15, 0.2) is 18.2 Å². The van der Waals surface area contributed by atoms with E-state index in [0.717, 1.165) is 55.9 Å². The Morgan fingerprint density at radius 2 is 2.00 bits per heavy atom. The molecule has 1 fully saturated rings. The number of piperidine rings is 1. The Kier molecular flexibility index (Phi) is 13.3. The Morgan fingerprint density at radius 3 is 2.61 bits per heavy atom. The fourth-order valence-corrected chi connectivity index (χ4v) is 5.59. The molecule has 0 radical (unpaired) electrons. The third-order valence-electron chi connectivity index (χ3n) is 6.34. The second kappa shape index (κ2) is 15.7. The molecule has 38 heavy (non-hydrogen) atoms. The normalized spacial score (nSPS) is 15.8. The number of carbonyl (C=O) groups excluding carboxylic acids is 1. The molecule has 9 nitrogen and oxygen atoms in total. The molecule has 1 aromatic heterocycles. The van der Waals surface area contributed by atoms with Gasteiger partial charge in [-0.1, -0.05) is 37.6 Å². The van der Waals surface area contributed by atoms with Crippen LogP contribution in [-0.2, 0) is 21.3 Å². The number of sulfonamides is 1. The average Bonchev–Trinajstić information content (AvgIpc) is 3.17. The van der Waals surface area contributed by atoms with Crippen molar-refractivity contribution in [2.45, 2.75) is 72.0 Å². The second-order valence-corrected chi connectivity index (χ2v) is 11.7. The van der Waals surface area contributed by atoms with E-state index in [-0.39, 0.29) is 31.1 Å². The maximum Gasteiger partial charge on any atom is 0.272 e. The summed E-state index contributed by atoms with van der Waals surface area (Å²) in [5.41, 5.74) is 1.21. The number of para-hydroxylation sites is 1. The summed E-state index contributed by atoms with van der Waals surface area (Å²) in [6.07, 6.45) is 4.71. The minimum absolute atomic E-state index is 0.0104. The molecule has 2 aromatic rings. The van der Waals surface area contributed by atoms with Crippen molar-refractivity contribution < 1.29 is 22.7 Å². The van der Waals surface area contributed by atoms with Gasteiger partial charge in [-0.25, -0.2) is 13.1 Å². The zero-order chi connectivity index (χ0) is 28.3. The summed E-state index contributed by atoms with van der Waals surface area (Å²) in [5.74, 6) is 0.474. The van der Waals surface area contributed by atoms with Gasteiger partial charge < -0.3 is 24.3 Å². The molecule has 3 rings (SSSR count). The van der Waals surface area contributed by atoms with Crippen molar-refractivity contribution >= 4 is 38.4 Å². The van der Waals surface area contributed by atoms with Crippen molar-refractivity contribution in [3.8, 4) is 5.75 Å². The quantitative estimate of drug-likeness (QED) is 0.347. The third-order valence-corrected chi connectivity index (χ3v) is 7.46. The van der Waals surface area contributed by atoms with E-state index < -0.39 is 10.0 Å². The molecule has 1 unspecified atom stereocenters. The molecule has 1 atom stereocenters. The number of hydrogen-bond acceptors (Lipinski definition) is 6. The van der Waals surface area contributed by atoms with E-state index in [9.17, 15) is 13.2 Å². The lowest BCUT2D eigenvalue weighted by Crippen LogP contribution is -2.52. The van der Waals surface area contributed by atoms with Crippen LogP contribution in [0.4, 0.5) is 0 Å². The molecular formula is C27H45ClN4O5S. The van der Waals surface area contributed by atoms with Gasteiger partial charge in [-0.05, 0) is 52.1 Å². The van der Waals surface area contributed by atoms with Crippen molar-refractivity contribution in [2.24, 2.45) is 0 Å². The number of ether oxygens (including phenoxy) is 2. The van der Waals surface area contributed by atoms with Crippen molar-refractivity contribution in [3.05, 3.63) is 28.9 Å². The molecule has 11 heteroatoms. The third kappa shape index (κ3) is 8.58. The lowest BCUT2D eigenvalue weighted by molar-refractivity contribution is 0.0562. The van der Waals surface area contributed by atoms with Crippen LogP contribution >= 0.6 is 11.6 Å². The summed E-state index contributed by atoms with van der Waals surface area (Å²) >= 11 is 6.92. The number of nitrogens with zero attached hydrogens (tertiary/aromatic N) is 2. The first-order chi connectivity index (χ1) is 18.2. The first kappa shape index (κ1) is 32.4. The van der Waals surface area contributed by atoms with Crippen LogP contribution in [0.25, 0.3) is 10.9 Å². The second-order valence-electron chi connectivity index (χ2n) is 9.49. The molecule has 1 saturated heterocycles. The number of hydrogen-bond donors (Lipinski definition) is 2. The predicted octanol–water partition coefficient (Wildman–Crippen LogP) is 4.28. The number of carbonyl (C=O) groups is 1. The number of nitrogens with one attached hydrogen (secondary N) is 2. The van der Waals surface area contributed by atoms with Gasteiger partial charge in [-0.3, -0.25) is 4.79 Å². The van der Waals surface area contributed by atoms with E-state index in [2.05, 4.69) is 10.0 Å². The van der Waals surface area contributed by atoms with Gasteiger partial charge in [0.2, 0.25) is 10.0 Å². The number of rotatable bonds is 13. The van der Waals surface area contributed by atoms with E-state index in [1.807, 2.05) is 55.4 Å². The van der Waals surface area contributed by atoms with Crippen LogP contribution in [0, 0.1) is 0 Å².